The van der Waals surface area contributed by atoms with Crippen LogP contribution in [0.3, 0.4) is 0 Å². The second-order valence-electron chi connectivity index (χ2n) is 6.41. The predicted molar refractivity (Wildman–Crippen MR) is 128 cm³/mol. The molecule has 0 spiro atoms. The molecule has 1 heterocycles. The van der Waals surface area contributed by atoms with Gasteiger partial charge in [-0.15, -0.1) is 0 Å². The van der Waals surface area contributed by atoms with Gasteiger partial charge in [-0.25, -0.2) is 0 Å². The van der Waals surface area contributed by atoms with Gasteiger partial charge in [-0.2, -0.15) is 5.10 Å². The van der Waals surface area contributed by atoms with Crippen molar-refractivity contribution in [3.63, 3.8) is 0 Å². The van der Waals surface area contributed by atoms with Gasteiger partial charge in [-0.3, -0.25) is 9.48 Å². The summed E-state index contributed by atoms with van der Waals surface area (Å²) >= 11 is 21.7. The van der Waals surface area contributed by atoms with E-state index in [9.17, 15) is 4.79 Å². The third kappa shape index (κ3) is 5.63. The van der Waals surface area contributed by atoms with Gasteiger partial charge >= 0.3 is 0 Å². The average Bonchev–Trinajstić information content (AvgIpc) is 3.12. The summed E-state index contributed by atoms with van der Waals surface area (Å²) in [6, 6.07) is 8.64. The molecule has 0 aliphatic heterocycles. The smallest absolute Gasteiger partial charge is 0.205 e. The lowest BCUT2D eigenvalue weighted by atomic mass is 10.1. The summed E-state index contributed by atoms with van der Waals surface area (Å²) in [5.41, 5.74) is 2.07. The molecule has 31 heavy (non-hydrogen) atoms. The van der Waals surface area contributed by atoms with Crippen LogP contribution in [0.25, 0.3) is 6.08 Å². The van der Waals surface area contributed by atoms with Gasteiger partial charge in [0, 0.05) is 17.1 Å². The zero-order valence-corrected chi connectivity index (χ0v) is 20.5. The summed E-state index contributed by atoms with van der Waals surface area (Å²) in [7, 11) is 1.57. The monoisotopic (exact) mass is 542 g/mol. The Kier molecular flexibility index (Phi) is 8.06. The summed E-state index contributed by atoms with van der Waals surface area (Å²) < 4.78 is 13.5. The van der Waals surface area contributed by atoms with E-state index < -0.39 is 0 Å². The van der Waals surface area contributed by atoms with Crippen molar-refractivity contribution in [2.45, 2.75) is 20.1 Å². The normalized spacial score (nSPS) is 11.2. The summed E-state index contributed by atoms with van der Waals surface area (Å²) in [6.07, 6.45) is 4.85. The van der Waals surface area contributed by atoms with Crippen molar-refractivity contribution in [2.24, 2.45) is 0 Å². The van der Waals surface area contributed by atoms with Crippen molar-refractivity contribution >= 4 is 62.6 Å². The van der Waals surface area contributed by atoms with E-state index in [4.69, 9.17) is 44.3 Å². The number of ketones is 1. The fourth-order valence-electron chi connectivity index (χ4n) is 2.93. The van der Waals surface area contributed by atoms with Crippen LogP contribution in [-0.4, -0.2) is 22.7 Å². The minimum absolute atomic E-state index is 0.153. The van der Waals surface area contributed by atoms with Gasteiger partial charge in [0.2, 0.25) is 5.78 Å². The van der Waals surface area contributed by atoms with Crippen molar-refractivity contribution in [1.29, 1.82) is 0 Å². The van der Waals surface area contributed by atoms with Crippen molar-refractivity contribution < 1.29 is 14.3 Å². The van der Waals surface area contributed by atoms with Gasteiger partial charge in [0.25, 0.3) is 0 Å². The number of aryl methyl sites for hydroxylation is 1. The molecular weight excluding hydrogens is 527 g/mol. The number of ether oxygens (including phenoxy) is 2. The Morgan fingerprint density at radius 3 is 2.55 bits per heavy atom. The number of benzene rings is 2. The first kappa shape index (κ1) is 23.7. The van der Waals surface area contributed by atoms with Crippen LogP contribution in [0.2, 0.25) is 15.1 Å². The van der Waals surface area contributed by atoms with Gasteiger partial charge in [-0.05, 0) is 58.8 Å². The summed E-state index contributed by atoms with van der Waals surface area (Å²) in [4.78, 5) is 12.6. The Morgan fingerprint density at radius 1 is 1.19 bits per heavy atom. The van der Waals surface area contributed by atoms with E-state index in [1.807, 2.05) is 19.1 Å². The summed E-state index contributed by atoms with van der Waals surface area (Å²) in [5.74, 6) is 0.819. The van der Waals surface area contributed by atoms with Gasteiger partial charge in [-0.1, -0.05) is 46.9 Å². The number of hydrogen-bond donors (Lipinski definition) is 0. The molecular formula is C22H18BrCl3N2O3. The highest BCUT2D eigenvalue weighted by Crippen LogP contribution is 2.36. The zero-order valence-electron chi connectivity index (χ0n) is 16.7. The van der Waals surface area contributed by atoms with Gasteiger partial charge in [0.15, 0.2) is 5.75 Å². The van der Waals surface area contributed by atoms with Crippen molar-refractivity contribution in [3.05, 3.63) is 79.0 Å². The summed E-state index contributed by atoms with van der Waals surface area (Å²) in [6.45, 7) is 2.68. The lowest BCUT2D eigenvalue weighted by Crippen LogP contribution is -2.07. The molecule has 3 aromatic rings. The molecule has 0 bridgehead atoms. The molecule has 0 fully saturated rings. The van der Waals surface area contributed by atoms with E-state index in [2.05, 4.69) is 21.0 Å². The first-order valence-corrected chi connectivity index (χ1v) is 11.1. The molecule has 0 unspecified atom stereocenters. The van der Waals surface area contributed by atoms with Gasteiger partial charge < -0.3 is 9.47 Å². The number of halogens is 4. The molecule has 0 aliphatic rings. The van der Waals surface area contributed by atoms with E-state index in [1.165, 1.54) is 6.08 Å². The molecule has 1 aromatic heterocycles. The van der Waals surface area contributed by atoms with Gasteiger partial charge in [0.1, 0.15) is 18.1 Å². The third-order valence-electron chi connectivity index (χ3n) is 4.39. The Bertz CT molecular complexity index is 1120. The van der Waals surface area contributed by atoms with E-state index in [0.717, 1.165) is 11.1 Å². The Hall–Kier alpha value is -1.99. The Balaban J connectivity index is 1.81. The van der Waals surface area contributed by atoms with Gasteiger partial charge in [0.05, 0.1) is 27.8 Å². The Labute approximate surface area is 203 Å². The van der Waals surface area contributed by atoms with Crippen LogP contribution in [-0.2, 0) is 13.2 Å². The highest BCUT2D eigenvalue weighted by atomic mass is 79.9. The quantitative estimate of drug-likeness (QED) is 0.224. The highest BCUT2D eigenvalue weighted by molar-refractivity contribution is 9.10. The van der Waals surface area contributed by atoms with E-state index in [0.29, 0.717) is 43.3 Å². The molecule has 5 nitrogen and oxygen atoms in total. The first-order valence-electron chi connectivity index (χ1n) is 9.22. The Morgan fingerprint density at radius 2 is 1.90 bits per heavy atom. The standard InChI is InChI=1S/C22H18BrCl3N2O3/c1-3-28-21(16(23)11-27-28)19(29)6-4-13-5-7-20(30-2)14(8-13)12-31-22-17(25)9-15(24)10-18(22)26/h4-11H,3,12H2,1-2H3/b6-4+. The van der Waals surface area contributed by atoms with E-state index in [1.54, 1.807) is 42.3 Å². The van der Waals surface area contributed by atoms with Crippen LogP contribution in [0.4, 0.5) is 0 Å². The SMILES string of the molecule is CCn1ncc(Br)c1C(=O)/C=C/c1ccc(OC)c(COc2c(Cl)cc(Cl)cc2Cl)c1. The predicted octanol–water partition coefficient (Wildman–Crippen LogP) is 7.11. The largest absolute Gasteiger partial charge is 0.496 e. The fraction of sp³-hybridized carbons (Fsp3) is 0.182. The van der Waals surface area contributed by atoms with Crippen molar-refractivity contribution in [1.82, 2.24) is 9.78 Å². The van der Waals surface area contributed by atoms with Crippen LogP contribution in [0, 0.1) is 0 Å². The molecule has 162 valence electrons. The maximum Gasteiger partial charge on any atom is 0.205 e. The second kappa shape index (κ2) is 10.6. The summed E-state index contributed by atoms with van der Waals surface area (Å²) in [5, 5.41) is 5.23. The van der Waals surface area contributed by atoms with Crippen molar-refractivity contribution in [2.75, 3.05) is 7.11 Å². The minimum Gasteiger partial charge on any atom is -0.496 e. The van der Waals surface area contributed by atoms with E-state index >= 15 is 0 Å². The average molecular weight is 545 g/mol. The number of carbonyl (C=O) groups is 1. The number of rotatable bonds is 8. The zero-order chi connectivity index (χ0) is 22.5. The van der Waals surface area contributed by atoms with Crippen molar-refractivity contribution in [3.8, 4) is 11.5 Å². The molecule has 0 aliphatic carbocycles. The second-order valence-corrected chi connectivity index (χ2v) is 8.52. The number of allylic oxidation sites excluding steroid dienone is 1. The number of carbonyl (C=O) groups excluding carboxylic acids is 1. The van der Waals surface area contributed by atoms with Crippen LogP contribution >= 0.6 is 50.7 Å². The molecule has 3 rings (SSSR count). The fourth-order valence-corrected chi connectivity index (χ4v) is 4.35. The molecule has 0 atom stereocenters. The third-order valence-corrected chi connectivity index (χ3v) is 5.75. The molecule has 0 N–H and O–H groups in total. The maximum atomic E-state index is 12.6. The minimum atomic E-state index is -0.153. The molecule has 0 saturated heterocycles. The van der Waals surface area contributed by atoms with Crippen LogP contribution in [0.1, 0.15) is 28.5 Å². The molecule has 2 aromatic carbocycles. The highest BCUT2D eigenvalue weighted by Gasteiger charge is 2.14. The van der Waals surface area contributed by atoms with Crippen LogP contribution in [0.5, 0.6) is 11.5 Å². The number of aromatic nitrogens is 2. The van der Waals surface area contributed by atoms with Crippen LogP contribution < -0.4 is 9.47 Å². The topological polar surface area (TPSA) is 53.4 Å². The van der Waals surface area contributed by atoms with Crippen LogP contribution in [0.15, 0.2) is 47.1 Å². The lowest BCUT2D eigenvalue weighted by molar-refractivity contribution is 0.103. The molecule has 0 amide bonds. The maximum absolute atomic E-state index is 12.6. The molecule has 0 radical (unpaired) electrons. The van der Waals surface area contributed by atoms with E-state index in [-0.39, 0.29) is 12.4 Å². The number of methoxy groups -OCH3 is 1. The molecule has 0 saturated carbocycles. The number of hydrogen-bond acceptors (Lipinski definition) is 4. The first-order chi connectivity index (χ1) is 14.8. The number of nitrogens with zero attached hydrogens (tertiary/aromatic N) is 2. The lowest BCUT2D eigenvalue weighted by Gasteiger charge is -2.13. The molecule has 9 heteroatoms.